The number of ether oxygens (including phenoxy) is 2. The number of nitro benzene ring substituents is 1. The minimum absolute atomic E-state index is 0.0312. The first kappa shape index (κ1) is 14.8. The molecule has 8 heteroatoms. The first-order chi connectivity index (χ1) is 8.77. The van der Waals surface area contributed by atoms with Crippen molar-refractivity contribution in [2.75, 3.05) is 13.7 Å². The van der Waals surface area contributed by atoms with Gasteiger partial charge in [-0.1, -0.05) is 0 Å². The fourth-order valence-electron chi connectivity index (χ4n) is 1.25. The number of nitrogens with zero attached hydrogens (tertiary/aromatic N) is 1. The first-order valence-corrected chi connectivity index (χ1v) is 5.22. The van der Waals surface area contributed by atoms with Gasteiger partial charge in [0.25, 0.3) is 0 Å². The van der Waals surface area contributed by atoms with Crippen molar-refractivity contribution in [3.05, 3.63) is 34.1 Å². The fraction of sp³-hybridized carbons (Fsp3) is 0.364. The Morgan fingerprint density at radius 3 is 2.68 bits per heavy atom. The molecule has 1 unspecified atom stereocenters. The van der Waals surface area contributed by atoms with Crippen molar-refractivity contribution in [2.24, 2.45) is 5.73 Å². The summed E-state index contributed by atoms with van der Waals surface area (Å²) in [5, 5.41) is 10.4. The highest BCUT2D eigenvalue weighted by Crippen LogP contribution is 2.22. The van der Waals surface area contributed by atoms with Crippen molar-refractivity contribution >= 4 is 11.7 Å². The molecular formula is C11H13FN2O5. The van der Waals surface area contributed by atoms with E-state index >= 15 is 0 Å². The van der Waals surface area contributed by atoms with Gasteiger partial charge < -0.3 is 15.2 Å². The molecule has 19 heavy (non-hydrogen) atoms. The van der Waals surface area contributed by atoms with Gasteiger partial charge in [-0.25, -0.2) is 4.79 Å². The van der Waals surface area contributed by atoms with Crippen molar-refractivity contribution in [1.82, 2.24) is 0 Å². The van der Waals surface area contributed by atoms with Gasteiger partial charge in [-0.2, -0.15) is 4.39 Å². The third-order valence-electron chi connectivity index (χ3n) is 2.31. The van der Waals surface area contributed by atoms with Gasteiger partial charge in [0.15, 0.2) is 0 Å². The third kappa shape index (κ3) is 3.62. The molecule has 7 nitrogen and oxygen atoms in total. The molecule has 2 N–H and O–H groups in total. The zero-order valence-corrected chi connectivity index (χ0v) is 10.4. The second-order valence-electron chi connectivity index (χ2n) is 4.07. The minimum atomic E-state index is -1.40. The van der Waals surface area contributed by atoms with Crippen LogP contribution in [-0.2, 0) is 9.53 Å². The number of benzene rings is 1. The summed E-state index contributed by atoms with van der Waals surface area (Å²) in [6.45, 7) is 1.14. The van der Waals surface area contributed by atoms with E-state index in [4.69, 9.17) is 10.5 Å². The summed E-state index contributed by atoms with van der Waals surface area (Å²) in [5.74, 6) is -1.68. The van der Waals surface area contributed by atoms with E-state index in [0.29, 0.717) is 0 Å². The van der Waals surface area contributed by atoms with Crippen LogP contribution in [0.2, 0.25) is 0 Å². The van der Waals surface area contributed by atoms with Crippen LogP contribution in [0.25, 0.3) is 0 Å². The molecule has 104 valence electrons. The Kier molecular flexibility index (Phi) is 4.38. The number of methoxy groups -OCH3 is 1. The molecule has 0 aliphatic rings. The van der Waals surface area contributed by atoms with Crippen molar-refractivity contribution in [1.29, 1.82) is 0 Å². The molecule has 0 radical (unpaired) electrons. The number of carbonyl (C=O) groups is 1. The second kappa shape index (κ2) is 5.61. The number of nitro groups is 1. The van der Waals surface area contributed by atoms with Gasteiger partial charge in [0.2, 0.25) is 5.82 Å². The summed E-state index contributed by atoms with van der Waals surface area (Å²) in [5.41, 5.74) is 3.58. The molecule has 1 rings (SSSR count). The maximum absolute atomic E-state index is 13.3. The lowest BCUT2D eigenvalue weighted by molar-refractivity contribution is -0.387. The molecule has 0 aliphatic heterocycles. The summed E-state index contributed by atoms with van der Waals surface area (Å²) in [6, 6.07) is 3.04. The van der Waals surface area contributed by atoms with E-state index in [9.17, 15) is 19.3 Å². The Hall–Kier alpha value is -2.22. The average molecular weight is 272 g/mol. The Morgan fingerprint density at radius 2 is 2.21 bits per heavy atom. The van der Waals surface area contributed by atoms with Crippen molar-refractivity contribution in [3.63, 3.8) is 0 Å². The third-order valence-corrected chi connectivity index (χ3v) is 2.31. The van der Waals surface area contributed by atoms with Crippen LogP contribution in [0.4, 0.5) is 10.1 Å². The molecule has 0 spiro atoms. The summed E-state index contributed by atoms with van der Waals surface area (Å²) >= 11 is 0. The predicted octanol–water partition coefficient (Wildman–Crippen LogP) is 1.00. The average Bonchev–Trinajstić information content (AvgIpc) is 2.35. The van der Waals surface area contributed by atoms with E-state index in [1.165, 1.54) is 20.1 Å². The smallest absolute Gasteiger partial charge is 0.329 e. The molecule has 0 heterocycles. The maximum Gasteiger partial charge on any atom is 0.329 e. The Labute approximate surface area is 108 Å². The van der Waals surface area contributed by atoms with E-state index < -0.39 is 27.9 Å². The molecule has 0 saturated carbocycles. The maximum atomic E-state index is 13.3. The van der Waals surface area contributed by atoms with E-state index in [-0.39, 0.29) is 12.4 Å². The van der Waals surface area contributed by atoms with Gasteiger partial charge in [0.1, 0.15) is 17.9 Å². The second-order valence-corrected chi connectivity index (χ2v) is 4.07. The molecular weight excluding hydrogens is 259 g/mol. The molecule has 1 aromatic rings. The SMILES string of the molecule is COC(=O)C(C)(N)COc1ccc([N+](=O)[O-])c(F)c1. The van der Waals surface area contributed by atoms with E-state index in [1.807, 2.05) is 0 Å². The fourth-order valence-corrected chi connectivity index (χ4v) is 1.25. The van der Waals surface area contributed by atoms with Gasteiger partial charge in [0, 0.05) is 12.1 Å². The van der Waals surface area contributed by atoms with E-state index in [0.717, 1.165) is 12.1 Å². The monoisotopic (exact) mass is 272 g/mol. The van der Waals surface area contributed by atoms with Crippen LogP contribution in [0.1, 0.15) is 6.92 Å². The molecule has 1 atom stereocenters. The molecule has 0 fully saturated rings. The van der Waals surface area contributed by atoms with Crippen LogP contribution in [0, 0.1) is 15.9 Å². The lowest BCUT2D eigenvalue weighted by Crippen LogP contribution is -2.50. The van der Waals surface area contributed by atoms with Crippen molar-refractivity contribution < 1.29 is 23.6 Å². The number of hydrogen-bond donors (Lipinski definition) is 1. The van der Waals surface area contributed by atoms with Gasteiger partial charge >= 0.3 is 11.7 Å². The van der Waals surface area contributed by atoms with Crippen LogP contribution in [0.15, 0.2) is 18.2 Å². The molecule has 0 saturated heterocycles. The lowest BCUT2D eigenvalue weighted by atomic mass is 10.1. The molecule has 1 aromatic carbocycles. The Morgan fingerprint density at radius 1 is 1.58 bits per heavy atom. The molecule has 0 bridgehead atoms. The summed E-state index contributed by atoms with van der Waals surface area (Å²) in [4.78, 5) is 20.8. The topological polar surface area (TPSA) is 105 Å². The summed E-state index contributed by atoms with van der Waals surface area (Å²) in [6.07, 6.45) is 0. The summed E-state index contributed by atoms with van der Waals surface area (Å²) < 4.78 is 22.9. The zero-order valence-electron chi connectivity index (χ0n) is 10.4. The largest absolute Gasteiger partial charge is 0.491 e. The quantitative estimate of drug-likeness (QED) is 0.487. The number of halogens is 1. The zero-order chi connectivity index (χ0) is 14.6. The van der Waals surface area contributed by atoms with Crippen LogP contribution >= 0.6 is 0 Å². The van der Waals surface area contributed by atoms with Crippen LogP contribution in [0.5, 0.6) is 5.75 Å². The number of esters is 1. The van der Waals surface area contributed by atoms with Gasteiger partial charge in [-0.15, -0.1) is 0 Å². The predicted molar refractivity (Wildman–Crippen MR) is 63.2 cm³/mol. The number of carbonyl (C=O) groups excluding carboxylic acids is 1. The Bertz CT molecular complexity index is 504. The van der Waals surface area contributed by atoms with Crippen LogP contribution in [0.3, 0.4) is 0 Å². The Balaban J connectivity index is 2.77. The number of hydrogen-bond acceptors (Lipinski definition) is 6. The lowest BCUT2D eigenvalue weighted by Gasteiger charge is -2.21. The highest BCUT2D eigenvalue weighted by Gasteiger charge is 2.30. The van der Waals surface area contributed by atoms with Gasteiger partial charge in [-0.3, -0.25) is 10.1 Å². The molecule has 0 aliphatic carbocycles. The van der Waals surface area contributed by atoms with Crippen LogP contribution in [-0.4, -0.2) is 30.1 Å². The molecule has 0 amide bonds. The number of nitrogens with two attached hydrogens (primary N) is 1. The standard InChI is InChI=1S/C11H13FN2O5/c1-11(13,10(15)18-2)6-19-7-3-4-9(14(16)17)8(12)5-7/h3-5H,6,13H2,1-2H3. The summed E-state index contributed by atoms with van der Waals surface area (Å²) in [7, 11) is 1.18. The number of rotatable bonds is 5. The van der Waals surface area contributed by atoms with Crippen molar-refractivity contribution in [3.8, 4) is 5.75 Å². The molecule has 0 aromatic heterocycles. The minimum Gasteiger partial charge on any atom is -0.491 e. The van der Waals surface area contributed by atoms with Crippen molar-refractivity contribution in [2.45, 2.75) is 12.5 Å². The highest BCUT2D eigenvalue weighted by atomic mass is 19.1. The first-order valence-electron chi connectivity index (χ1n) is 5.22. The van der Waals surface area contributed by atoms with E-state index in [2.05, 4.69) is 4.74 Å². The van der Waals surface area contributed by atoms with Gasteiger partial charge in [-0.05, 0) is 13.0 Å². The van der Waals surface area contributed by atoms with Crippen LogP contribution < -0.4 is 10.5 Å². The van der Waals surface area contributed by atoms with Gasteiger partial charge in [0.05, 0.1) is 12.0 Å². The van der Waals surface area contributed by atoms with E-state index in [1.54, 1.807) is 0 Å². The highest BCUT2D eigenvalue weighted by molar-refractivity contribution is 5.80. The normalized spacial score (nSPS) is 13.5.